The lowest BCUT2D eigenvalue weighted by molar-refractivity contribution is -0.138. The van der Waals surface area contributed by atoms with Crippen molar-refractivity contribution in [3.8, 4) is 6.07 Å². The van der Waals surface area contributed by atoms with Crippen molar-refractivity contribution < 1.29 is 18.3 Å². The molecule has 2 rings (SSSR count). The summed E-state index contributed by atoms with van der Waals surface area (Å²) in [6.07, 6.45) is -0.0236. The van der Waals surface area contributed by atoms with Crippen LogP contribution in [-0.4, -0.2) is 25.5 Å². The number of hydrogen-bond acceptors (Lipinski definition) is 4. The van der Waals surface area contributed by atoms with Crippen LogP contribution in [0.15, 0.2) is 41.3 Å². The number of benzene rings is 2. The molecule has 0 bridgehead atoms. The van der Waals surface area contributed by atoms with Gasteiger partial charge in [-0.15, -0.1) is 0 Å². The van der Waals surface area contributed by atoms with Crippen LogP contribution in [0.4, 0.5) is 0 Å². The number of nitrogens with one attached hydrogen (secondary N) is 1. The molecule has 6 nitrogen and oxygen atoms in total. The average Bonchev–Trinajstić information content (AvgIpc) is 2.53. The Morgan fingerprint density at radius 3 is 2.15 bits per heavy atom. The van der Waals surface area contributed by atoms with Crippen LogP contribution in [0.2, 0.25) is 0 Å². The highest BCUT2D eigenvalue weighted by Crippen LogP contribution is 2.22. The zero-order valence-corrected chi connectivity index (χ0v) is 15.6. The van der Waals surface area contributed by atoms with Gasteiger partial charge in [0.25, 0.3) is 0 Å². The van der Waals surface area contributed by atoms with E-state index in [0.717, 1.165) is 5.56 Å². The summed E-state index contributed by atoms with van der Waals surface area (Å²) in [6.45, 7) is 5.24. The van der Waals surface area contributed by atoms with Gasteiger partial charge >= 0.3 is 5.97 Å². The second kappa shape index (κ2) is 7.68. The minimum Gasteiger partial charge on any atom is -0.480 e. The van der Waals surface area contributed by atoms with Crippen LogP contribution < -0.4 is 4.72 Å². The van der Waals surface area contributed by atoms with Gasteiger partial charge in [-0.05, 0) is 56.0 Å². The molecule has 2 aromatic rings. The molecule has 0 aliphatic carbocycles. The monoisotopic (exact) mass is 372 g/mol. The first-order valence-electron chi connectivity index (χ1n) is 7.96. The number of carboxylic acid groups (broad SMARTS) is 1. The van der Waals surface area contributed by atoms with E-state index in [0.29, 0.717) is 22.3 Å². The first-order valence-corrected chi connectivity index (χ1v) is 9.44. The van der Waals surface area contributed by atoms with Crippen molar-refractivity contribution in [1.82, 2.24) is 4.72 Å². The van der Waals surface area contributed by atoms with Crippen LogP contribution in [0, 0.1) is 32.1 Å². The highest BCUT2D eigenvalue weighted by molar-refractivity contribution is 7.89. The second-order valence-electron chi connectivity index (χ2n) is 6.25. The molecule has 0 spiro atoms. The van der Waals surface area contributed by atoms with E-state index in [-0.39, 0.29) is 11.3 Å². The molecule has 2 aromatic carbocycles. The summed E-state index contributed by atoms with van der Waals surface area (Å²) in [5, 5.41) is 18.3. The van der Waals surface area contributed by atoms with E-state index in [1.807, 2.05) is 13.0 Å². The molecular weight excluding hydrogens is 352 g/mol. The molecule has 0 aliphatic rings. The summed E-state index contributed by atoms with van der Waals surface area (Å²) < 4.78 is 27.8. The normalized spacial score (nSPS) is 12.4. The van der Waals surface area contributed by atoms with Gasteiger partial charge in [0, 0.05) is 0 Å². The lowest BCUT2D eigenvalue weighted by atomic mass is 10.1. The molecule has 136 valence electrons. The second-order valence-corrected chi connectivity index (χ2v) is 7.90. The number of aryl methyl sites for hydroxylation is 3. The largest absolute Gasteiger partial charge is 0.480 e. The number of hydrogen-bond donors (Lipinski definition) is 2. The maximum Gasteiger partial charge on any atom is 0.322 e. The van der Waals surface area contributed by atoms with Crippen molar-refractivity contribution in [3.63, 3.8) is 0 Å². The average molecular weight is 372 g/mol. The molecule has 0 aliphatic heterocycles. The molecule has 7 heteroatoms. The molecule has 0 amide bonds. The van der Waals surface area contributed by atoms with Gasteiger partial charge in [0.05, 0.1) is 16.5 Å². The molecule has 0 heterocycles. The van der Waals surface area contributed by atoms with E-state index in [1.165, 1.54) is 0 Å². The molecule has 0 radical (unpaired) electrons. The van der Waals surface area contributed by atoms with Crippen molar-refractivity contribution in [3.05, 3.63) is 64.2 Å². The summed E-state index contributed by atoms with van der Waals surface area (Å²) >= 11 is 0. The van der Waals surface area contributed by atoms with Gasteiger partial charge in [0.2, 0.25) is 10.0 Å². The van der Waals surface area contributed by atoms with E-state index in [9.17, 15) is 18.3 Å². The molecular formula is C19H20N2O4S. The number of rotatable bonds is 6. The van der Waals surface area contributed by atoms with E-state index in [1.54, 1.807) is 50.2 Å². The van der Waals surface area contributed by atoms with Gasteiger partial charge in [0.1, 0.15) is 6.04 Å². The molecule has 1 atom stereocenters. The van der Waals surface area contributed by atoms with Crippen LogP contribution in [0.25, 0.3) is 0 Å². The zero-order chi connectivity index (χ0) is 19.5. The van der Waals surface area contributed by atoms with Crippen molar-refractivity contribution in [2.75, 3.05) is 0 Å². The Kier molecular flexibility index (Phi) is 5.80. The third-order valence-electron chi connectivity index (χ3n) is 3.99. The smallest absolute Gasteiger partial charge is 0.322 e. The van der Waals surface area contributed by atoms with E-state index < -0.39 is 22.0 Å². The first-order chi connectivity index (χ1) is 12.1. The van der Waals surface area contributed by atoms with Crippen LogP contribution in [0.5, 0.6) is 0 Å². The van der Waals surface area contributed by atoms with Crippen LogP contribution in [0.1, 0.15) is 27.8 Å². The number of carboxylic acids is 1. The third kappa shape index (κ3) is 4.48. The van der Waals surface area contributed by atoms with Gasteiger partial charge in [-0.1, -0.05) is 29.8 Å². The van der Waals surface area contributed by atoms with Crippen LogP contribution in [0.3, 0.4) is 0 Å². The zero-order valence-electron chi connectivity index (χ0n) is 14.8. The van der Waals surface area contributed by atoms with Crippen LogP contribution in [-0.2, 0) is 21.2 Å². The molecule has 26 heavy (non-hydrogen) atoms. The summed E-state index contributed by atoms with van der Waals surface area (Å²) in [5.74, 6) is -1.26. The van der Waals surface area contributed by atoms with Gasteiger partial charge < -0.3 is 5.11 Å². The number of sulfonamides is 1. The van der Waals surface area contributed by atoms with E-state index >= 15 is 0 Å². The summed E-state index contributed by atoms with van der Waals surface area (Å²) in [7, 11) is -4.00. The molecule has 0 saturated heterocycles. The van der Waals surface area contributed by atoms with Gasteiger partial charge in [-0.25, -0.2) is 8.42 Å². The Bertz CT molecular complexity index is 951. The quantitative estimate of drug-likeness (QED) is 0.810. The van der Waals surface area contributed by atoms with Gasteiger partial charge in [0.15, 0.2) is 0 Å². The minimum absolute atomic E-state index is 0.0236. The van der Waals surface area contributed by atoms with Crippen molar-refractivity contribution >= 4 is 16.0 Å². The fourth-order valence-electron chi connectivity index (χ4n) is 2.97. The van der Waals surface area contributed by atoms with E-state index in [2.05, 4.69) is 4.72 Å². The van der Waals surface area contributed by atoms with Gasteiger partial charge in [-0.2, -0.15) is 9.98 Å². The molecule has 2 N–H and O–H groups in total. The minimum atomic E-state index is -4.00. The Labute approximate surface area is 153 Å². The predicted molar refractivity (Wildman–Crippen MR) is 97.3 cm³/mol. The van der Waals surface area contributed by atoms with Gasteiger partial charge in [-0.3, -0.25) is 4.79 Å². The Morgan fingerprint density at radius 1 is 1.15 bits per heavy atom. The summed E-state index contributed by atoms with van der Waals surface area (Å²) in [5.41, 5.74) is 3.14. The number of nitriles is 1. The van der Waals surface area contributed by atoms with Crippen molar-refractivity contribution in [2.24, 2.45) is 0 Å². The maximum absolute atomic E-state index is 12.8. The molecule has 0 unspecified atom stereocenters. The fourth-order valence-corrected chi connectivity index (χ4v) is 4.61. The van der Waals surface area contributed by atoms with E-state index in [4.69, 9.17) is 5.26 Å². The Hall–Kier alpha value is -2.69. The number of nitrogens with zero attached hydrogens (tertiary/aromatic N) is 1. The molecule has 0 saturated carbocycles. The molecule has 0 fully saturated rings. The fraction of sp³-hybridized carbons (Fsp3) is 0.263. The maximum atomic E-state index is 12.8. The lowest BCUT2D eigenvalue weighted by Crippen LogP contribution is -2.42. The highest BCUT2D eigenvalue weighted by atomic mass is 32.2. The SMILES string of the molecule is Cc1cc(C)c(S(=O)(=O)N[C@@H](Cc2ccc(C#N)cc2)C(=O)O)c(C)c1. The Balaban J connectivity index is 2.31. The lowest BCUT2D eigenvalue weighted by Gasteiger charge is -2.18. The number of aliphatic carboxylic acids is 1. The van der Waals surface area contributed by atoms with Crippen LogP contribution >= 0.6 is 0 Å². The standard InChI is InChI=1S/C19H20N2O4S/c1-12-8-13(2)18(14(3)9-12)26(24,25)21-17(19(22)23)10-15-4-6-16(11-20)7-5-15/h4-9,17,21H,10H2,1-3H3,(H,22,23)/t17-/m0/s1. The van der Waals surface area contributed by atoms with Crippen molar-refractivity contribution in [1.29, 1.82) is 5.26 Å². The topological polar surface area (TPSA) is 107 Å². The third-order valence-corrected chi connectivity index (χ3v) is 5.77. The molecule has 0 aromatic heterocycles. The summed E-state index contributed by atoms with van der Waals surface area (Å²) in [6, 6.07) is 10.5. The highest BCUT2D eigenvalue weighted by Gasteiger charge is 2.28. The van der Waals surface area contributed by atoms with Crippen molar-refractivity contribution in [2.45, 2.75) is 38.1 Å². The predicted octanol–water partition coefficient (Wildman–Crippen LogP) is 2.46. The number of carbonyl (C=O) groups is 1. The Morgan fingerprint density at radius 2 is 1.69 bits per heavy atom. The first kappa shape index (κ1) is 19.6. The summed E-state index contributed by atoms with van der Waals surface area (Å²) in [4.78, 5) is 11.7.